The number of hydrogen-bond donors (Lipinski definition) is 1. The molecule has 0 fully saturated rings. The van der Waals surface area contributed by atoms with Crippen LogP contribution in [0.15, 0.2) is 47.0 Å². The molecule has 0 bridgehead atoms. The smallest absolute Gasteiger partial charge is 0.227 e. The number of aromatic amines is 1. The van der Waals surface area contributed by atoms with Crippen LogP contribution in [0.25, 0.3) is 33.5 Å². The number of nitrogens with zero attached hydrogens (tertiary/aromatic N) is 2. The Bertz CT molecular complexity index is 1050. The van der Waals surface area contributed by atoms with Gasteiger partial charge in [-0.05, 0) is 61.7 Å². The molecule has 0 atom stereocenters. The third-order valence-electron chi connectivity index (χ3n) is 4.46. The van der Waals surface area contributed by atoms with Crippen LogP contribution in [0, 0.1) is 19.8 Å². The number of hydrogen-bond acceptors (Lipinski definition) is 3. The van der Waals surface area contributed by atoms with E-state index >= 15 is 0 Å². The Kier molecular flexibility index (Phi) is 4.11. The van der Waals surface area contributed by atoms with Gasteiger partial charge < -0.3 is 9.51 Å². The Balaban J connectivity index is 1.70. The maximum Gasteiger partial charge on any atom is 0.227 e. The molecule has 4 heteroatoms. The van der Waals surface area contributed by atoms with E-state index in [4.69, 9.17) is 4.52 Å². The maximum atomic E-state index is 5.37. The van der Waals surface area contributed by atoms with Gasteiger partial charge >= 0.3 is 0 Å². The molecule has 0 aliphatic rings. The van der Waals surface area contributed by atoms with Gasteiger partial charge in [0.25, 0.3) is 0 Å². The van der Waals surface area contributed by atoms with Crippen LogP contribution in [-0.4, -0.2) is 15.1 Å². The largest absolute Gasteiger partial charge is 0.355 e. The molecule has 4 rings (SSSR count). The van der Waals surface area contributed by atoms with E-state index in [1.54, 1.807) is 0 Å². The van der Waals surface area contributed by atoms with E-state index in [0.29, 0.717) is 17.6 Å². The highest BCUT2D eigenvalue weighted by Crippen LogP contribution is 2.28. The summed E-state index contributed by atoms with van der Waals surface area (Å²) in [4.78, 5) is 8.04. The maximum absolute atomic E-state index is 5.37. The summed E-state index contributed by atoms with van der Waals surface area (Å²) in [5, 5.41) is 5.28. The van der Waals surface area contributed by atoms with Crippen LogP contribution >= 0.6 is 0 Å². The summed E-state index contributed by atoms with van der Waals surface area (Å²) in [5.41, 5.74) is 6.94. The van der Waals surface area contributed by atoms with Crippen LogP contribution in [0.4, 0.5) is 0 Å². The van der Waals surface area contributed by atoms with Gasteiger partial charge in [-0.2, -0.15) is 4.98 Å². The first-order chi connectivity index (χ1) is 12.5. The second-order valence-corrected chi connectivity index (χ2v) is 7.47. The van der Waals surface area contributed by atoms with Crippen molar-refractivity contribution in [2.45, 2.75) is 34.1 Å². The van der Waals surface area contributed by atoms with Crippen molar-refractivity contribution in [1.82, 2.24) is 15.1 Å². The summed E-state index contributed by atoms with van der Waals surface area (Å²) in [6.45, 7) is 8.54. The molecule has 0 unspecified atom stereocenters. The molecule has 2 aromatic carbocycles. The number of rotatable bonds is 4. The lowest BCUT2D eigenvalue weighted by Gasteiger charge is -2.02. The number of nitrogens with one attached hydrogen (secondary N) is 1. The number of aryl methyl sites for hydroxylation is 2. The SMILES string of the molecule is Cc1cc(C)cc(-c2cc3cc(-c4noc(CC(C)C)n4)ccc3[nH]2)c1. The zero-order valence-corrected chi connectivity index (χ0v) is 15.6. The van der Waals surface area contributed by atoms with Crippen molar-refractivity contribution in [2.75, 3.05) is 0 Å². The van der Waals surface area contributed by atoms with E-state index in [9.17, 15) is 0 Å². The molecule has 4 aromatic rings. The normalized spacial score (nSPS) is 11.6. The fourth-order valence-corrected chi connectivity index (χ4v) is 3.36. The van der Waals surface area contributed by atoms with Crippen LogP contribution in [0.2, 0.25) is 0 Å². The Morgan fingerprint density at radius 3 is 2.46 bits per heavy atom. The fourth-order valence-electron chi connectivity index (χ4n) is 3.36. The van der Waals surface area contributed by atoms with Gasteiger partial charge in [-0.25, -0.2) is 0 Å². The topological polar surface area (TPSA) is 54.7 Å². The lowest BCUT2D eigenvalue weighted by Crippen LogP contribution is -1.93. The molecule has 0 spiro atoms. The fraction of sp³-hybridized carbons (Fsp3) is 0.273. The van der Waals surface area contributed by atoms with Crippen molar-refractivity contribution in [1.29, 1.82) is 0 Å². The highest BCUT2D eigenvalue weighted by molar-refractivity contribution is 5.89. The number of aromatic nitrogens is 3. The van der Waals surface area contributed by atoms with Crippen LogP contribution < -0.4 is 0 Å². The molecular formula is C22H23N3O. The van der Waals surface area contributed by atoms with Crippen LogP contribution in [0.1, 0.15) is 30.9 Å². The van der Waals surface area contributed by atoms with Gasteiger partial charge in [0, 0.05) is 28.6 Å². The molecule has 0 saturated heterocycles. The van der Waals surface area contributed by atoms with Gasteiger partial charge in [0.1, 0.15) is 0 Å². The second-order valence-electron chi connectivity index (χ2n) is 7.47. The van der Waals surface area contributed by atoms with Crippen molar-refractivity contribution in [3.63, 3.8) is 0 Å². The predicted octanol–water partition coefficient (Wildman–Crippen LogP) is 5.70. The summed E-state index contributed by atoms with van der Waals surface area (Å²) in [5.74, 6) is 1.84. The van der Waals surface area contributed by atoms with Gasteiger partial charge in [0.2, 0.25) is 11.7 Å². The standard InChI is InChI=1S/C22H23N3O/c1-13(2)7-21-24-22(25-26-21)16-5-6-19-18(11-16)12-20(23-19)17-9-14(3)8-15(4)10-17/h5-6,8-13,23H,7H2,1-4H3. The molecule has 0 radical (unpaired) electrons. The molecule has 4 nitrogen and oxygen atoms in total. The first-order valence-corrected chi connectivity index (χ1v) is 9.02. The van der Waals surface area contributed by atoms with E-state index in [0.717, 1.165) is 28.6 Å². The zero-order chi connectivity index (χ0) is 18.3. The summed E-state index contributed by atoms with van der Waals surface area (Å²) in [6, 6.07) is 15.0. The van der Waals surface area contributed by atoms with Crippen LogP contribution in [0.5, 0.6) is 0 Å². The molecule has 2 heterocycles. The molecule has 0 amide bonds. The van der Waals surface area contributed by atoms with E-state index in [2.05, 4.69) is 79.2 Å². The highest BCUT2D eigenvalue weighted by atomic mass is 16.5. The van der Waals surface area contributed by atoms with Crippen molar-refractivity contribution < 1.29 is 4.52 Å². The zero-order valence-electron chi connectivity index (χ0n) is 15.6. The average molecular weight is 345 g/mol. The van der Waals surface area contributed by atoms with Crippen molar-refractivity contribution in [2.24, 2.45) is 5.92 Å². The minimum Gasteiger partial charge on any atom is -0.355 e. The molecule has 132 valence electrons. The van der Waals surface area contributed by atoms with Crippen molar-refractivity contribution in [3.05, 3.63) is 59.5 Å². The average Bonchev–Trinajstić information content (AvgIpc) is 3.19. The Morgan fingerprint density at radius 1 is 0.962 bits per heavy atom. The third kappa shape index (κ3) is 3.27. The number of H-pyrrole nitrogens is 1. The van der Waals surface area contributed by atoms with Gasteiger partial charge in [-0.3, -0.25) is 0 Å². The third-order valence-corrected chi connectivity index (χ3v) is 4.46. The van der Waals surface area contributed by atoms with E-state index in [1.165, 1.54) is 16.7 Å². The van der Waals surface area contributed by atoms with Gasteiger partial charge in [0.05, 0.1) is 0 Å². The Hall–Kier alpha value is -2.88. The van der Waals surface area contributed by atoms with Crippen LogP contribution in [0.3, 0.4) is 0 Å². The minimum absolute atomic E-state index is 0.496. The lowest BCUT2D eigenvalue weighted by molar-refractivity contribution is 0.363. The quantitative estimate of drug-likeness (QED) is 0.516. The van der Waals surface area contributed by atoms with Gasteiger partial charge in [-0.15, -0.1) is 0 Å². The first-order valence-electron chi connectivity index (χ1n) is 9.02. The van der Waals surface area contributed by atoms with Crippen LogP contribution in [-0.2, 0) is 6.42 Å². The van der Waals surface area contributed by atoms with Crippen molar-refractivity contribution in [3.8, 4) is 22.6 Å². The van der Waals surface area contributed by atoms with Crippen molar-refractivity contribution >= 4 is 10.9 Å². The number of benzene rings is 2. The van der Waals surface area contributed by atoms with E-state index < -0.39 is 0 Å². The van der Waals surface area contributed by atoms with Gasteiger partial charge in [0.15, 0.2) is 0 Å². The molecule has 1 N–H and O–H groups in total. The molecular weight excluding hydrogens is 322 g/mol. The first kappa shape index (κ1) is 16.6. The minimum atomic E-state index is 0.496. The Labute approximate surface area is 153 Å². The highest BCUT2D eigenvalue weighted by Gasteiger charge is 2.12. The lowest BCUT2D eigenvalue weighted by atomic mass is 10.0. The molecule has 0 saturated carbocycles. The predicted molar refractivity (Wildman–Crippen MR) is 105 cm³/mol. The van der Waals surface area contributed by atoms with Gasteiger partial charge in [-0.1, -0.05) is 36.2 Å². The molecule has 0 aliphatic carbocycles. The summed E-state index contributed by atoms with van der Waals surface area (Å²) in [6.07, 6.45) is 0.802. The monoisotopic (exact) mass is 345 g/mol. The summed E-state index contributed by atoms with van der Waals surface area (Å²) >= 11 is 0. The summed E-state index contributed by atoms with van der Waals surface area (Å²) in [7, 11) is 0. The Morgan fingerprint density at radius 2 is 1.73 bits per heavy atom. The number of fused-ring (bicyclic) bond motifs is 1. The molecule has 2 aromatic heterocycles. The molecule has 0 aliphatic heterocycles. The molecule has 26 heavy (non-hydrogen) atoms. The van der Waals surface area contributed by atoms with E-state index in [-0.39, 0.29) is 0 Å². The van der Waals surface area contributed by atoms with E-state index in [1.807, 2.05) is 6.07 Å². The second kappa shape index (κ2) is 6.45. The summed E-state index contributed by atoms with van der Waals surface area (Å²) < 4.78 is 5.37.